The van der Waals surface area contributed by atoms with E-state index in [9.17, 15) is 23.2 Å². The molecule has 1 atom stereocenters. The van der Waals surface area contributed by atoms with E-state index in [0.29, 0.717) is 30.6 Å². The van der Waals surface area contributed by atoms with Gasteiger partial charge in [-0.25, -0.2) is 8.78 Å². The maximum absolute atomic E-state index is 14.6. The molecule has 44 heavy (non-hydrogen) atoms. The van der Waals surface area contributed by atoms with Gasteiger partial charge in [-0.2, -0.15) is 0 Å². The quantitative estimate of drug-likeness (QED) is 0.130. The van der Waals surface area contributed by atoms with Crippen molar-refractivity contribution >= 4 is 40.8 Å². The SMILES string of the molecule is CCOC(=O)CC(=O)Nc1ccc2c(c1)NC(=O)CCCCC(c1ccc(-c3c(F)ccc(Cl)c3F)cn1)c1cccc-2c1. The normalized spacial score (nSPS) is 14.8. The highest BCUT2D eigenvalue weighted by Gasteiger charge is 2.21. The van der Waals surface area contributed by atoms with E-state index in [2.05, 4.69) is 15.6 Å². The Morgan fingerprint density at radius 3 is 2.66 bits per heavy atom. The number of nitrogens with zero attached hydrogens (tertiary/aromatic N) is 1. The number of fused-ring (bicyclic) bond motifs is 4. The van der Waals surface area contributed by atoms with Gasteiger partial charge in [-0.1, -0.05) is 54.4 Å². The van der Waals surface area contributed by atoms with Crippen molar-refractivity contribution in [3.63, 3.8) is 0 Å². The predicted molar refractivity (Wildman–Crippen MR) is 165 cm³/mol. The van der Waals surface area contributed by atoms with E-state index >= 15 is 0 Å². The van der Waals surface area contributed by atoms with E-state index in [1.807, 2.05) is 24.3 Å². The Kier molecular flexibility index (Phi) is 9.65. The molecule has 0 fully saturated rings. The third-order valence-electron chi connectivity index (χ3n) is 7.41. The second kappa shape index (κ2) is 13.8. The van der Waals surface area contributed by atoms with Gasteiger partial charge in [0.15, 0.2) is 5.82 Å². The standard InChI is InChI=1S/C34H30ClF2N3O4/c1-2-44-32(43)18-31(42)39-23-11-12-25-21-7-5-6-20(16-21)24(8-3-4-9-30(41)40-29(25)17-23)28-15-10-22(19-38-28)33-27(36)14-13-26(35)34(33)37/h5-7,10-17,19,24H,2-4,8-9,18H2,1H3,(H,39,42)(H,40,41). The number of halogens is 3. The van der Waals surface area contributed by atoms with Gasteiger partial charge in [0.05, 0.1) is 22.9 Å². The van der Waals surface area contributed by atoms with Crippen LogP contribution >= 0.6 is 11.6 Å². The molecule has 3 aromatic carbocycles. The van der Waals surface area contributed by atoms with Crippen LogP contribution in [0, 0.1) is 11.6 Å². The zero-order valence-electron chi connectivity index (χ0n) is 24.0. The molecule has 5 rings (SSSR count). The van der Waals surface area contributed by atoms with Gasteiger partial charge in [0.2, 0.25) is 11.8 Å². The Labute approximate surface area is 258 Å². The van der Waals surface area contributed by atoms with Crippen molar-refractivity contribution in [3.05, 3.63) is 101 Å². The number of anilines is 2. The maximum Gasteiger partial charge on any atom is 0.315 e. The summed E-state index contributed by atoms with van der Waals surface area (Å²) in [5.74, 6) is -3.00. The summed E-state index contributed by atoms with van der Waals surface area (Å²) in [5.41, 5.74) is 4.32. The van der Waals surface area contributed by atoms with E-state index < -0.39 is 29.9 Å². The van der Waals surface area contributed by atoms with Crippen molar-refractivity contribution in [2.75, 3.05) is 17.2 Å². The second-order valence-electron chi connectivity index (χ2n) is 10.5. The van der Waals surface area contributed by atoms with Gasteiger partial charge in [-0.05, 0) is 61.2 Å². The van der Waals surface area contributed by atoms with Gasteiger partial charge in [0, 0.05) is 41.0 Å². The summed E-state index contributed by atoms with van der Waals surface area (Å²) in [7, 11) is 0. The molecular weight excluding hydrogens is 588 g/mol. The molecular formula is C34H30ClF2N3O4. The summed E-state index contributed by atoms with van der Waals surface area (Å²) < 4.78 is 34.0. The second-order valence-corrected chi connectivity index (χ2v) is 10.9. The number of rotatable bonds is 6. The molecule has 7 nitrogen and oxygen atoms in total. The van der Waals surface area contributed by atoms with Crippen LogP contribution in [-0.2, 0) is 19.1 Å². The van der Waals surface area contributed by atoms with Crippen LogP contribution in [0.3, 0.4) is 0 Å². The van der Waals surface area contributed by atoms with Gasteiger partial charge < -0.3 is 15.4 Å². The van der Waals surface area contributed by atoms with Crippen LogP contribution in [0.15, 0.2) is 72.9 Å². The fourth-order valence-electron chi connectivity index (χ4n) is 5.33. The lowest BCUT2D eigenvalue weighted by atomic mass is 9.87. The summed E-state index contributed by atoms with van der Waals surface area (Å²) >= 11 is 5.89. The number of hydrogen-bond acceptors (Lipinski definition) is 5. The van der Waals surface area contributed by atoms with Gasteiger partial charge in [-0.15, -0.1) is 0 Å². The van der Waals surface area contributed by atoms with E-state index in [-0.39, 0.29) is 34.6 Å². The zero-order chi connectivity index (χ0) is 31.2. The molecule has 2 bridgehead atoms. The fraction of sp³-hybridized carbons (Fsp3) is 0.235. The van der Waals surface area contributed by atoms with E-state index in [4.69, 9.17) is 16.3 Å². The summed E-state index contributed by atoms with van der Waals surface area (Å²) in [4.78, 5) is 41.6. The molecule has 2 heterocycles. The Morgan fingerprint density at radius 1 is 1.05 bits per heavy atom. The molecule has 0 radical (unpaired) electrons. The maximum atomic E-state index is 14.6. The summed E-state index contributed by atoms with van der Waals surface area (Å²) in [5, 5.41) is 5.50. The van der Waals surface area contributed by atoms with Crippen molar-refractivity contribution in [3.8, 4) is 22.3 Å². The van der Waals surface area contributed by atoms with Gasteiger partial charge in [0.25, 0.3) is 0 Å². The minimum Gasteiger partial charge on any atom is -0.466 e. The van der Waals surface area contributed by atoms with Gasteiger partial charge >= 0.3 is 5.97 Å². The van der Waals surface area contributed by atoms with Crippen LogP contribution in [0.1, 0.15) is 56.2 Å². The highest BCUT2D eigenvalue weighted by Crippen LogP contribution is 2.37. The average molecular weight is 618 g/mol. The molecule has 2 amide bonds. The van der Waals surface area contributed by atoms with Crippen molar-refractivity contribution < 1.29 is 27.9 Å². The van der Waals surface area contributed by atoms with E-state index in [1.165, 1.54) is 12.3 Å². The molecule has 1 aliphatic rings. The number of amides is 2. The van der Waals surface area contributed by atoms with Crippen LogP contribution in [0.4, 0.5) is 20.2 Å². The van der Waals surface area contributed by atoms with Crippen LogP contribution in [0.2, 0.25) is 5.02 Å². The average Bonchev–Trinajstić information content (AvgIpc) is 2.99. The topological polar surface area (TPSA) is 97.4 Å². The van der Waals surface area contributed by atoms with Crippen molar-refractivity contribution in [2.45, 2.75) is 44.9 Å². The lowest BCUT2D eigenvalue weighted by molar-refractivity contribution is -0.145. The third kappa shape index (κ3) is 7.11. The number of ether oxygens (including phenoxy) is 1. The first-order chi connectivity index (χ1) is 21.2. The van der Waals surface area contributed by atoms with Crippen molar-refractivity contribution in [1.82, 2.24) is 4.98 Å². The molecule has 0 spiro atoms. The van der Waals surface area contributed by atoms with Crippen LogP contribution in [0.5, 0.6) is 0 Å². The van der Waals surface area contributed by atoms with Gasteiger partial charge in [-0.3, -0.25) is 19.4 Å². The predicted octanol–water partition coefficient (Wildman–Crippen LogP) is 7.88. The molecule has 1 unspecified atom stereocenters. The molecule has 0 saturated heterocycles. The number of carbonyl (C=O) groups is 3. The molecule has 0 saturated carbocycles. The first kappa shape index (κ1) is 30.8. The smallest absolute Gasteiger partial charge is 0.315 e. The molecule has 1 aliphatic heterocycles. The number of esters is 1. The molecule has 10 heteroatoms. The Bertz CT molecular complexity index is 1710. The Morgan fingerprint density at radius 2 is 1.89 bits per heavy atom. The van der Waals surface area contributed by atoms with Crippen molar-refractivity contribution in [2.24, 2.45) is 0 Å². The van der Waals surface area contributed by atoms with Crippen LogP contribution in [0.25, 0.3) is 22.3 Å². The lowest BCUT2D eigenvalue weighted by Crippen LogP contribution is -2.18. The molecule has 2 N–H and O–H groups in total. The zero-order valence-corrected chi connectivity index (χ0v) is 24.7. The Balaban J connectivity index is 1.47. The number of pyridine rings is 1. The number of benzene rings is 3. The monoisotopic (exact) mass is 617 g/mol. The number of hydrogen-bond donors (Lipinski definition) is 2. The minimum absolute atomic E-state index is 0.134. The summed E-state index contributed by atoms with van der Waals surface area (Å²) in [6.45, 7) is 1.85. The first-order valence-corrected chi connectivity index (χ1v) is 14.7. The molecule has 0 aliphatic carbocycles. The summed E-state index contributed by atoms with van der Waals surface area (Å²) in [6.07, 6.45) is 3.40. The van der Waals surface area contributed by atoms with E-state index in [1.54, 1.807) is 37.3 Å². The minimum atomic E-state index is -0.835. The highest BCUT2D eigenvalue weighted by molar-refractivity contribution is 6.31. The van der Waals surface area contributed by atoms with Crippen LogP contribution in [-0.4, -0.2) is 29.4 Å². The first-order valence-electron chi connectivity index (χ1n) is 14.3. The van der Waals surface area contributed by atoms with Crippen molar-refractivity contribution in [1.29, 1.82) is 0 Å². The number of aromatic nitrogens is 1. The van der Waals surface area contributed by atoms with E-state index in [0.717, 1.165) is 34.9 Å². The Hall–Kier alpha value is -4.63. The summed E-state index contributed by atoms with van der Waals surface area (Å²) in [6, 6.07) is 18.8. The fourth-order valence-corrected chi connectivity index (χ4v) is 5.49. The van der Waals surface area contributed by atoms with Gasteiger partial charge in [0.1, 0.15) is 12.2 Å². The number of nitrogens with one attached hydrogen (secondary N) is 2. The number of carbonyl (C=O) groups excluding carboxylic acids is 3. The largest absolute Gasteiger partial charge is 0.466 e. The molecule has 4 aromatic rings. The van der Waals surface area contributed by atoms with Crippen LogP contribution < -0.4 is 10.6 Å². The molecule has 1 aromatic heterocycles. The third-order valence-corrected chi connectivity index (χ3v) is 7.70. The highest BCUT2D eigenvalue weighted by atomic mass is 35.5. The lowest BCUT2D eigenvalue weighted by Gasteiger charge is -2.21. The molecule has 226 valence electrons.